The molecule has 5 heterocycles. The number of fused-ring (bicyclic) bond motifs is 1. The Kier molecular flexibility index (Phi) is 4.41. The normalized spacial score (nSPS) is 18.4. The molecule has 2 aliphatic heterocycles. The molecular formula is C22H19N5O2S2. The van der Waals surface area contributed by atoms with Crippen LogP contribution in [-0.4, -0.2) is 36.1 Å². The zero-order valence-electron chi connectivity index (χ0n) is 16.5. The van der Waals surface area contributed by atoms with Gasteiger partial charge in [0.2, 0.25) is 0 Å². The Bertz CT molecular complexity index is 1340. The van der Waals surface area contributed by atoms with Crippen molar-refractivity contribution in [2.75, 3.05) is 23.3 Å². The number of piperidine rings is 1. The highest BCUT2D eigenvalue weighted by atomic mass is 32.1. The van der Waals surface area contributed by atoms with Crippen molar-refractivity contribution in [3.05, 3.63) is 46.8 Å². The number of anilines is 3. The molecular weight excluding hydrogens is 430 g/mol. The number of nitrogens with zero attached hydrogens (tertiary/aromatic N) is 2. The molecule has 0 aliphatic carbocycles. The predicted octanol–water partition coefficient (Wildman–Crippen LogP) is 4.68. The highest BCUT2D eigenvalue weighted by molar-refractivity contribution is 7.21. The van der Waals surface area contributed by atoms with Crippen molar-refractivity contribution in [1.82, 2.24) is 15.6 Å². The van der Waals surface area contributed by atoms with E-state index in [1.165, 1.54) is 16.0 Å². The van der Waals surface area contributed by atoms with Crippen LogP contribution in [-0.2, 0) is 0 Å². The highest BCUT2D eigenvalue weighted by Gasteiger charge is 2.33. The third-order valence-corrected chi connectivity index (χ3v) is 7.77. The van der Waals surface area contributed by atoms with Crippen molar-refractivity contribution in [2.24, 2.45) is 0 Å². The number of amides is 3. The fraction of sp³-hybridized carbons (Fsp3) is 0.227. The molecule has 3 amide bonds. The van der Waals surface area contributed by atoms with Gasteiger partial charge in [0.1, 0.15) is 9.71 Å². The van der Waals surface area contributed by atoms with Crippen molar-refractivity contribution in [1.29, 1.82) is 0 Å². The summed E-state index contributed by atoms with van der Waals surface area (Å²) >= 11 is 2.99. The average Bonchev–Trinajstić information content (AvgIpc) is 3.40. The number of thiophene rings is 2. The molecule has 1 atom stereocenters. The first kappa shape index (κ1) is 18.7. The van der Waals surface area contributed by atoms with E-state index < -0.39 is 0 Å². The minimum Gasteiger partial charge on any atom is -0.347 e. The number of nitrogens with one attached hydrogen (secondary N) is 3. The Morgan fingerprint density at radius 1 is 1.26 bits per heavy atom. The third-order valence-electron chi connectivity index (χ3n) is 5.78. The summed E-state index contributed by atoms with van der Waals surface area (Å²) in [5, 5.41) is 13.3. The fourth-order valence-corrected chi connectivity index (χ4v) is 6.11. The molecule has 3 N–H and O–H groups in total. The molecule has 7 nitrogen and oxygen atoms in total. The summed E-state index contributed by atoms with van der Waals surface area (Å²) in [6, 6.07) is 9.69. The van der Waals surface area contributed by atoms with Crippen molar-refractivity contribution in [3.8, 4) is 0 Å². The SMILES string of the molecule is O=C(NC1CCCNC1)c1sc2nccc3c2c1NC(=O)N3c1ccc2sccc2c1. The topological polar surface area (TPSA) is 86.4 Å². The van der Waals surface area contributed by atoms with Gasteiger partial charge in [-0.05, 0) is 60.5 Å². The van der Waals surface area contributed by atoms with Gasteiger partial charge in [0.25, 0.3) is 5.91 Å². The second-order valence-electron chi connectivity index (χ2n) is 7.74. The first-order chi connectivity index (χ1) is 15.2. The number of hydrogen-bond donors (Lipinski definition) is 3. The van der Waals surface area contributed by atoms with Crippen LogP contribution < -0.4 is 20.9 Å². The van der Waals surface area contributed by atoms with Crippen LogP contribution in [0.2, 0.25) is 0 Å². The number of aromatic nitrogens is 1. The van der Waals surface area contributed by atoms with Gasteiger partial charge in [0, 0.05) is 23.5 Å². The molecule has 1 unspecified atom stereocenters. The molecule has 0 saturated carbocycles. The van der Waals surface area contributed by atoms with Crippen LogP contribution in [0.25, 0.3) is 20.3 Å². The van der Waals surface area contributed by atoms with E-state index in [0.29, 0.717) is 10.6 Å². The summed E-state index contributed by atoms with van der Waals surface area (Å²) in [6.07, 6.45) is 3.68. The minimum absolute atomic E-state index is 0.0965. The van der Waals surface area contributed by atoms with Crippen LogP contribution in [0, 0.1) is 0 Å². The Balaban J connectivity index is 1.43. The number of benzene rings is 1. The summed E-state index contributed by atoms with van der Waals surface area (Å²) in [6.45, 7) is 1.75. The van der Waals surface area contributed by atoms with Crippen LogP contribution in [0.1, 0.15) is 22.5 Å². The van der Waals surface area contributed by atoms with Gasteiger partial charge in [-0.1, -0.05) is 0 Å². The number of hydrogen-bond acceptors (Lipinski definition) is 6. The van der Waals surface area contributed by atoms with Gasteiger partial charge in [-0.15, -0.1) is 22.7 Å². The fourth-order valence-electron chi connectivity index (χ4n) is 4.32. The van der Waals surface area contributed by atoms with E-state index in [1.54, 1.807) is 22.4 Å². The van der Waals surface area contributed by atoms with Gasteiger partial charge in [0.15, 0.2) is 0 Å². The average molecular weight is 450 g/mol. The van der Waals surface area contributed by atoms with Crippen LogP contribution >= 0.6 is 22.7 Å². The van der Waals surface area contributed by atoms with E-state index in [-0.39, 0.29) is 18.0 Å². The summed E-state index contributed by atoms with van der Waals surface area (Å²) in [5.41, 5.74) is 2.09. The molecule has 0 bridgehead atoms. The van der Waals surface area contributed by atoms with Gasteiger partial charge in [-0.2, -0.15) is 0 Å². The van der Waals surface area contributed by atoms with Gasteiger partial charge < -0.3 is 16.0 Å². The Morgan fingerprint density at radius 3 is 3.06 bits per heavy atom. The zero-order chi connectivity index (χ0) is 20.9. The molecule has 156 valence electrons. The number of carbonyl (C=O) groups is 2. The molecule has 4 aromatic rings. The number of rotatable bonds is 3. The molecule has 2 aliphatic rings. The maximum Gasteiger partial charge on any atom is 0.331 e. The summed E-state index contributed by atoms with van der Waals surface area (Å²) < 4.78 is 1.17. The van der Waals surface area contributed by atoms with Gasteiger partial charge >= 0.3 is 6.03 Å². The highest BCUT2D eigenvalue weighted by Crippen LogP contribution is 2.46. The van der Waals surface area contributed by atoms with Crippen molar-refractivity contribution >= 4 is 72.0 Å². The Labute approximate surface area is 186 Å². The smallest absolute Gasteiger partial charge is 0.331 e. The minimum atomic E-state index is -0.277. The van der Waals surface area contributed by atoms with E-state index >= 15 is 0 Å². The maximum absolute atomic E-state index is 13.2. The lowest BCUT2D eigenvalue weighted by atomic mass is 10.1. The van der Waals surface area contributed by atoms with E-state index in [9.17, 15) is 9.59 Å². The Hall–Kier alpha value is -3.01. The molecule has 1 saturated heterocycles. The second kappa shape index (κ2) is 7.30. The lowest BCUT2D eigenvalue weighted by Crippen LogP contribution is -2.45. The van der Waals surface area contributed by atoms with Crippen LogP contribution in [0.15, 0.2) is 41.9 Å². The van der Waals surface area contributed by atoms with Gasteiger partial charge in [-0.25, -0.2) is 9.78 Å². The van der Waals surface area contributed by atoms with Crippen LogP contribution in [0.5, 0.6) is 0 Å². The standard InChI is InChI=1S/C22H19N5O2S2/c28-20(25-13-2-1-7-23-11-13)19-18-17-15(5-8-24-21(17)31-19)27(22(29)26-18)14-3-4-16-12(10-14)6-9-30-16/h3-6,8-10,13,23H,1-2,7,11H2,(H,25,28)(H,26,29). The molecule has 31 heavy (non-hydrogen) atoms. The number of carbonyl (C=O) groups excluding carboxylic acids is 2. The maximum atomic E-state index is 13.2. The summed E-state index contributed by atoms with van der Waals surface area (Å²) in [7, 11) is 0. The quantitative estimate of drug-likeness (QED) is 0.424. The summed E-state index contributed by atoms with van der Waals surface area (Å²) in [4.78, 5) is 33.6. The molecule has 1 aromatic carbocycles. The van der Waals surface area contributed by atoms with E-state index in [0.717, 1.165) is 52.9 Å². The largest absolute Gasteiger partial charge is 0.347 e. The second-order valence-corrected chi connectivity index (χ2v) is 9.69. The van der Waals surface area contributed by atoms with Crippen molar-refractivity contribution in [3.63, 3.8) is 0 Å². The van der Waals surface area contributed by atoms with Crippen LogP contribution in [0.4, 0.5) is 21.9 Å². The molecule has 1 fully saturated rings. The Morgan fingerprint density at radius 2 is 2.19 bits per heavy atom. The van der Waals surface area contributed by atoms with E-state index in [1.807, 2.05) is 35.7 Å². The van der Waals surface area contributed by atoms with Crippen molar-refractivity contribution < 1.29 is 9.59 Å². The third kappa shape index (κ3) is 3.08. The summed E-state index contributed by atoms with van der Waals surface area (Å²) in [5.74, 6) is -0.161. The van der Waals surface area contributed by atoms with E-state index in [2.05, 4.69) is 20.9 Å². The first-order valence-corrected chi connectivity index (χ1v) is 11.9. The first-order valence-electron chi connectivity index (χ1n) is 10.2. The number of urea groups is 1. The van der Waals surface area contributed by atoms with Crippen LogP contribution in [0.3, 0.4) is 0 Å². The lowest BCUT2D eigenvalue weighted by Gasteiger charge is -2.28. The molecule has 0 spiro atoms. The molecule has 6 rings (SSSR count). The zero-order valence-corrected chi connectivity index (χ0v) is 18.1. The van der Waals surface area contributed by atoms with E-state index in [4.69, 9.17) is 0 Å². The van der Waals surface area contributed by atoms with Gasteiger partial charge in [-0.3, -0.25) is 9.69 Å². The molecule has 3 aromatic heterocycles. The van der Waals surface area contributed by atoms with Crippen molar-refractivity contribution in [2.45, 2.75) is 18.9 Å². The predicted molar refractivity (Wildman–Crippen MR) is 126 cm³/mol. The monoisotopic (exact) mass is 449 g/mol. The number of pyridine rings is 1. The lowest BCUT2D eigenvalue weighted by molar-refractivity contribution is 0.0935. The molecule has 9 heteroatoms. The van der Waals surface area contributed by atoms with Gasteiger partial charge in [0.05, 0.1) is 22.4 Å². The molecule has 0 radical (unpaired) electrons.